The van der Waals surface area contributed by atoms with E-state index in [9.17, 15) is 4.79 Å². The lowest BCUT2D eigenvalue weighted by molar-refractivity contribution is 0.0505. The maximum absolute atomic E-state index is 10.8. The topological polar surface area (TPSA) is 81.8 Å². The Morgan fingerprint density at radius 3 is 3.00 bits per heavy atom. The second-order valence-corrected chi connectivity index (χ2v) is 4.06. The van der Waals surface area contributed by atoms with E-state index in [0.717, 1.165) is 0 Å². The first-order valence-electron chi connectivity index (χ1n) is 5.98. The van der Waals surface area contributed by atoms with Crippen molar-refractivity contribution in [3.8, 4) is 6.08 Å². The second kappa shape index (κ2) is 5.71. The van der Waals surface area contributed by atoms with E-state index >= 15 is 0 Å². The highest BCUT2D eigenvalue weighted by molar-refractivity contribution is 5.91. The molecular formula is C13H15NO5. The van der Waals surface area contributed by atoms with E-state index in [1.807, 2.05) is 13.8 Å². The lowest BCUT2D eigenvalue weighted by Gasteiger charge is -2.10. The Bertz CT molecular complexity index is 577. The summed E-state index contributed by atoms with van der Waals surface area (Å²) in [5.74, 6) is -1.01. The fraction of sp³-hybridized carbons (Fsp3) is 0.385. The molecule has 0 aliphatic carbocycles. The number of carboxylic acids is 1. The standard InChI is InChI=1S/C13H15NO5/c1-3-17-7-8(2)18-13-14-10-5-4-9(12(15)16)6-11(10)19-13/h4-6,8H,3,7H2,1-2H3,(H,15,16). The number of nitrogens with zero attached hydrogens (tertiary/aromatic N) is 1. The van der Waals surface area contributed by atoms with E-state index in [2.05, 4.69) is 4.98 Å². The van der Waals surface area contributed by atoms with Gasteiger partial charge in [0.05, 0.1) is 12.2 Å². The van der Waals surface area contributed by atoms with E-state index in [1.165, 1.54) is 12.1 Å². The molecule has 1 aromatic heterocycles. The zero-order valence-electron chi connectivity index (χ0n) is 10.8. The molecular weight excluding hydrogens is 250 g/mol. The minimum atomic E-state index is -1.01. The fourth-order valence-corrected chi connectivity index (χ4v) is 1.58. The number of hydrogen-bond donors (Lipinski definition) is 1. The van der Waals surface area contributed by atoms with Crippen LogP contribution >= 0.6 is 0 Å². The van der Waals surface area contributed by atoms with Crippen LogP contribution in [0, 0.1) is 0 Å². The largest absolute Gasteiger partial charge is 0.478 e. The van der Waals surface area contributed by atoms with Gasteiger partial charge in [0.25, 0.3) is 0 Å². The molecule has 6 nitrogen and oxygen atoms in total. The van der Waals surface area contributed by atoms with Gasteiger partial charge >= 0.3 is 12.0 Å². The molecule has 1 N–H and O–H groups in total. The number of aromatic carboxylic acids is 1. The molecule has 0 aliphatic rings. The van der Waals surface area contributed by atoms with Gasteiger partial charge in [-0.15, -0.1) is 0 Å². The lowest BCUT2D eigenvalue weighted by atomic mass is 10.2. The van der Waals surface area contributed by atoms with Gasteiger partial charge in [0.15, 0.2) is 5.58 Å². The van der Waals surface area contributed by atoms with Crippen molar-refractivity contribution < 1.29 is 23.8 Å². The molecule has 0 fully saturated rings. The lowest BCUT2D eigenvalue weighted by Crippen LogP contribution is -2.19. The number of oxazole rings is 1. The summed E-state index contributed by atoms with van der Waals surface area (Å²) in [6.07, 6.45) is -0.0725. The smallest absolute Gasteiger partial charge is 0.394 e. The Balaban J connectivity index is 2.15. The highest BCUT2D eigenvalue weighted by Crippen LogP contribution is 2.22. The van der Waals surface area contributed by atoms with E-state index in [0.29, 0.717) is 24.3 Å². The van der Waals surface area contributed by atoms with Gasteiger partial charge in [-0.25, -0.2) is 4.79 Å². The third kappa shape index (κ3) is 3.23. The molecule has 0 spiro atoms. The van der Waals surface area contributed by atoms with Gasteiger partial charge in [-0.2, -0.15) is 4.98 Å². The van der Waals surface area contributed by atoms with Gasteiger partial charge in [-0.1, -0.05) is 0 Å². The van der Waals surface area contributed by atoms with Crippen molar-refractivity contribution in [2.75, 3.05) is 13.2 Å². The highest BCUT2D eigenvalue weighted by Gasteiger charge is 2.13. The van der Waals surface area contributed by atoms with E-state index in [1.54, 1.807) is 6.07 Å². The van der Waals surface area contributed by atoms with Crippen LogP contribution in [-0.2, 0) is 4.74 Å². The quantitative estimate of drug-likeness (QED) is 0.863. The number of benzene rings is 1. The van der Waals surface area contributed by atoms with Gasteiger partial charge in [-0.3, -0.25) is 0 Å². The van der Waals surface area contributed by atoms with Gasteiger partial charge in [0.2, 0.25) is 0 Å². The summed E-state index contributed by atoms with van der Waals surface area (Å²) < 4.78 is 16.0. The zero-order valence-corrected chi connectivity index (χ0v) is 10.8. The van der Waals surface area contributed by atoms with Gasteiger partial charge in [0, 0.05) is 6.61 Å². The van der Waals surface area contributed by atoms with Crippen molar-refractivity contribution in [2.24, 2.45) is 0 Å². The SMILES string of the molecule is CCOCC(C)Oc1nc2ccc(C(=O)O)cc2o1. The van der Waals surface area contributed by atoms with Crippen LogP contribution in [0.4, 0.5) is 0 Å². The molecule has 1 unspecified atom stereocenters. The van der Waals surface area contributed by atoms with Gasteiger partial charge in [0.1, 0.15) is 11.6 Å². The van der Waals surface area contributed by atoms with Crippen molar-refractivity contribution in [3.05, 3.63) is 23.8 Å². The minimum absolute atomic E-state index is 0.116. The molecule has 2 aromatic rings. The Labute approximate surface area is 109 Å². The van der Waals surface area contributed by atoms with Crippen molar-refractivity contribution in [1.29, 1.82) is 0 Å². The van der Waals surface area contributed by atoms with Crippen molar-refractivity contribution in [2.45, 2.75) is 20.0 Å². The Morgan fingerprint density at radius 2 is 2.32 bits per heavy atom. The van der Waals surface area contributed by atoms with Crippen LogP contribution in [0.1, 0.15) is 24.2 Å². The number of carboxylic acid groups (broad SMARTS) is 1. The first-order chi connectivity index (χ1) is 9.10. The Hall–Kier alpha value is -2.08. The molecule has 0 bridgehead atoms. The number of rotatable bonds is 6. The average Bonchev–Trinajstić information content (AvgIpc) is 2.77. The van der Waals surface area contributed by atoms with Gasteiger partial charge in [-0.05, 0) is 32.0 Å². The van der Waals surface area contributed by atoms with Crippen LogP contribution in [-0.4, -0.2) is 35.4 Å². The maximum Gasteiger partial charge on any atom is 0.394 e. The van der Waals surface area contributed by atoms with Crippen molar-refractivity contribution in [1.82, 2.24) is 4.98 Å². The number of hydrogen-bond acceptors (Lipinski definition) is 5. The molecule has 0 saturated carbocycles. The molecule has 0 saturated heterocycles. The third-order valence-electron chi connectivity index (χ3n) is 2.47. The number of ether oxygens (including phenoxy) is 2. The molecule has 1 aromatic carbocycles. The number of carbonyl (C=O) groups is 1. The predicted octanol–water partition coefficient (Wildman–Crippen LogP) is 2.33. The first kappa shape index (κ1) is 13.4. The second-order valence-electron chi connectivity index (χ2n) is 4.06. The Kier molecular flexibility index (Phi) is 4.01. The summed E-state index contributed by atoms with van der Waals surface area (Å²) in [7, 11) is 0. The summed E-state index contributed by atoms with van der Waals surface area (Å²) in [5, 5.41) is 8.88. The van der Waals surface area contributed by atoms with Crippen LogP contribution in [0.5, 0.6) is 6.08 Å². The molecule has 6 heteroatoms. The van der Waals surface area contributed by atoms with E-state index < -0.39 is 5.97 Å². The predicted molar refractivity (Wildman–Crippen MR) is 67.6 cm³/mol. The third-order valence-corrected chi connectivity index (χ3v) is 2.47. The van der Waals surface area contributed by atoms with Crippen molar-refractivity contribution in [3.63, 3.8) is 0 Å². The Morgan fingerprint density at radius 1 is 1.53 bits per heavy atom. The fourth-order valence-electron chi connectivity index (χ4n) is 1.58. The van der Waals surface area contributed by atoms with Crippen molar-refractivity contribution >= 4 is 17.1 Å². The average molecular weight is 265 g/mol. The molecule has 102 valence electrons. The monoisotopic (exact) mass is 265 g/mol. The summed E-state index contributed by atoms with van der Waals surface area (Å²) in [4.78, 5) is 15.0. The summed E-state index contributed by atoms with van der Waals surface area (Å²) in [6.45, 7) is 4.80. The molecule has 19 heavy (non-hydrogen) atoms. The number of aromatic nitrogens is 1. The highest BCUT2D eigenvalue weighted by atomic mass is 16.6. The normalized spacial score (nSPS) is 12.5. The zero-order chi connectivity index (χ0) is 13.8. The van der Waals surface area contributed by atoms with E-state index in [4.69, 9.17) is 19.0 Å². The molecule has 1 heterocycles. The van der Waals surface area contributed by atoms with Crippen LogP contribution < -0.4 is 4.74 Å². The van der Waals surface area contributed by atoms with Crippen LogP contribution in [0.3, 0.4) is 0 Å². The minimum Gasteiger partial charge on any atom is -0.478 e. The van der Waals surface area contributed by atoms with Crippen LogP contribution in [0.25, 0.3) is 11.1 Å². The molecule has 0 aliphatic heterocycles. The molecule has 0 radical (unpaired) electrons. The first-order valence-corrected chi connectivity index (χ1v) is 5.98. The molecule has 1 atom stereocenters. The molecule has 2 rings (SSSR count). The summed E-state index contributed by atoms with van der Waals surface area (Å²) >= 11 is 0. The van der Waals surface area contributed by atoms with Crippen LogP contribution in [0.2, 0.25) is 0 Å². The van der Waals surface area contributed by atoms with E-state index in [-0.39, 0.29) is 17.7 Å². The number of fused-ring (bicyclic) bond motifs is 1. The van der Waals surface area contributed by atoms with Crippen LogP contribution in [0.15, 0.2) is 22.6 Å². The summed E-state index contributed by atoms with van der Waals surface area (Å²) in [6, 6.07) is 4.48. The molecule has 0 amide bonds. The maximum atomic E-state index is 10.8. The summed E-state index contributed by atoms with van der Waals surface area (Å²) in [5.41, 5.74) is 1.10. The van der Waals surface area contributed by atoms with Gasteiger partial charge < -0.3 is 19.0 Å².